The number of hydrogen-bond acceptors (Lipinski definition) is 2. The maximum atomic E-state index is 5.69. The molecule has 0 fully saturated rings. The van der Waals surface area contributed by atoms with E-state index >= 15 is 0 Å². The van der Waals surface area contributed by atoms with Gasteiger partial charge in [-0.25, -0.2) is 0 Å². The van der Waals surface area contributed by atoms with Crippen LogP contribution in [0.15, 0.2) is 30.3 Å². The molecule has 0 aliphatic heterocycles. The zero-order chi connectivity index (χ0) is 14.1. The van der Waals surface area contributed by atoms with Crippen LogP contribution in [0.25, 0.3) is 0 Å². The standard InChI is InChI=1S/C17H30N2/c1-4-5-9-14-19(15-10-13-18)17(2,3)16-11-7-6-8-12-16/h6-8,11-12H,4-5,9-10,13-15,18H2,1-3H3. The van der Waals surface area contributed by atoms with Gasteiger partial charge < -0.3 is 5.73 Å². The van der Waals surface area contributed by atoms with Crippen molar-refractivity contribution in [2.45, 2.75) is 52.0 Å². The topological polar surface area (TPSA) is 29.3 Å². The van der Waals surface area contributed by atoms with Gasteiger partial charge >= 0.3 is 0 Å². The summed E-state index contributed by atoms with van der Waals surface area (Å²) in [6.07, 6.45) is 4.93. The fourth-order valence-corrected chi connectivity index (χ4v) is 2.53. The molecule has 2 heteroatoms. The summed E-state index contributed by atoms with van der Waals surface area (Å²) in [6.45, 7) is 9.93. The van der Waals surface area contributed by atoms with Gasteiger partial charge in [0.2, 0.25) is 0 Å². The summed E-state index contributed by atoms with van der Waals surface area (Å²) in [5.41, 5.74) is 7.17. The third kappa shape index (κ3) is 4.96. The number of rotatable bonds is 9. The molecule has 19 heavy (non-hydrogen) atoms. The minimum Gasteiger partial charge on any atom is -0.330 e. The first-order chi connectivity index (χ1) is 9.12. The molecule has 0 amide bonds. The number of nitrogens with two attached hydrogens (primary N) is 1. The third-order valence-corrected chi connectivity index (χ3v) is 3.93. The molecule has 2 N–H and O–H groups in total. The lowest BCUT2D eigenvalue weighted by Crippen LogP contribution is -2.43. The van der Waals surface area contributed by atoms with Crippen molar-refractivity contribution in [3.8, 4) is 0 Å². The third-order valence-electron chi connectivity index (χ3n) is 3.93. The molecule has 0 heterocycles. The summed E-state index contributed by atoms with van der Waals surface area (Å²) in [5, 5.41) is 0. The second-order valence-electron chi connectivity index (χ2n) is 5.76. The summed E-state index contributed by atoms with van der Waals surface area (Å²) < 4.78 is 0. The summed E-state index contributed by atoms with van der Waals surface area (Å²) in [4.78, 5) is 2.59. The highest BCUT2D eigenvalue weighted by atomic mass is 15.2. The van der Waals surface area contributed by atoms with Crippen molar-refractivity contribution >= 4 is 0 Å². The first-order valence-electron chi connectivity index (χ1n) is 7.63. The summed E-state index contributed by atoms with van der Waals surface area (Å²) >= 11 is 0. The molecule has 0 saturated heterocycles. The molecule has 0 unspecified atom stereocenters. The van der Waals surface area contributed by atoms with Gasteiger partial charge in [-0.1, -0.05) is 50.1 Å². The quantitative estimate of drug-likeness (QED) is 0.687. The van der Waals surface area contributed by atoms with E-state index in [2.05, 4.69) is 56.0 Å². The Morgan fingerprint density at radius 1 is 1.00 bits per heavy atom. The predicted octanol–water partition coefficient (Wildman–Crippen LogP) is 3.76. The molecule has 0 aliphatic rings. The maximum Gasteiger partial charge on any atom is 0.0404 e. The summed E-state index contributed by atoms with van der Waals surface area (Å²) in [5.74, 6) is 0. The Labute approximate surface area is 119 Å². The van der Waals surface area contributed by atoms with Crippen molar-refractivity contribution in [1.82, 2.24) is 4.90 Å². The molecule has 0 aromatic heterocycles. The van der Waals surface area contributed by atoms with E-state index in [-0.39, 0.29) is 5.54 Å². The molecular weight excluding hydrogens is 232 g/mol. The molecule has 0 aliphatic carbocycles. The van der Waals surface area contributed by atoms with Crippen molar-refractivity contribution in [1.29, 1.82) is 0 Å². The van der Waals surface area contributed by atoms with Crippen molar-refractivity contribution in [3.63, 3.8) is 0 Å². The van der Waals surface area contributed by atoms with Crippen molar-refractivity contribution < 1.29 is 0 Å². The van der Waals surface area contributed by atoms with Crippen LogP contribution >= 0.6 is 0 Å². The maximum absolute atomic E-state index is 5.69. The molecule has 0 radical (unpaired) electrons. The Balaban J connectivity index is 2.75. The lowest BCUT2D eigenvalue weighted by Gasteiger charge is -2.39. The van der Waals surface area contributed by atoms with E-state index < -0.39 is 0 Å². The second kappa shape index (κ2) is 8.34. The smallest absolute Gasteiger partial charge is 0.0404 e. The van der Waals surface area contributed by atoms with E-state index in [4.69, 9.17) is 5.73 Å². The van der Waals surface area contributed by atoms with Crippen LogP contribution in [0.1, 0.15) is 52.0 Å². The minimum atomic E-state index is 0.0875. The fourth-order valence-electron chi connectivity index (χ4n) is 2.53. The van der Waals surface area contributed by atoms with Gasteiger partial charge in [-0.3, -0.25) is 4.90 Å². The summed E-state index contributed by atoms with van der Waals surface area (Å²) in [6, 6.07) is 10.8. The zero-order valence-corrected chi connectivity index (χ0v) is 12.9. The molecule has 0 atom stereocenters. The van der Waals surface area contributed by atoms with E-state index in [1.54, 1.807) is 0 Å². The second-order valence-corrected chi connectivity index (χ2v) is 5.76. The Morgan fingerprint density at radius 2 is 1.63 bits per heavy atom. The Morgan fingerprint density at radius 3 is 2.21 bits per heavy atom. The predicted molar refractivity (Wildman–Crippen MR) is 84.2 cm³/mol. The highest BCUT2D eigenvalue weighted by Gasteiger charge is 2.27. The molecular formula is C17H30N2. The first kappa shape index (κ1) is 16.2. The van der Waals surface area contributed by atoms with Crippen LogP contribution in [-0.2, 0) is 5.54 Å². The van der Waals surface area contributed by atoms with Gasteiger partial charge in [0.05, 0.1) is 0 Å². The molecule has 0 bridgehead atoms. The normalized spacial score (nSPS) is 12.1. The molecule has 0 spiro atoms. The van der Waals surface area contributed by atoms with Crippen molar-refractivity contribution in [2.75, 3.05) is 19.6 Å². The molecule has 1 rings (SSSR count). The van der Waals surface area contributed by atoms with Crippen LogP contribution in [0.2, 0.25) is 0 Å². The molecule has 0 saturated carbocycles. The van der Waals surface area contributed by atoms with Crippen LogP contribution < -0.4 is 5.73 Å². The average Bonchev–Trinajstić information content (AvgIpc) is 2.43. The van der Waals surface area contributed by atoms with Crippen LogP contribution in [0, 0.1) is 0 Å². The van der Waals surface area contributed by atoms with Crippen LogP contribution in [-0.4, -0.2) is 24.5 Å². The largest absolute Gasteiger partial charge is 0.330 e. The van der Waals surface area contributed by atoms with Gasteiger partial charge in [0.25, 0.3) is 0 Å². The van der Waals surface area contributed by atoms with E-state index in [1.165, 1.54) is 24.8 Å². The monoisotopic (exact) mass is 262 g/mol. The van der Waals surface area contributed by atoms with Crippen LogP contribution in [0.4, 0.5) is 0 Å². The zero-order valence-electron chi connectivity index (χ0n) is 12.9. The SMILES string of the molecule is CCCCCN(CCCN)C(C)(C)c1ccccc1. The molecule has 2 nitrogen and oxygen atoms in total. The summed E-state index contributed by atoms with van der Waals surface area (Å²) in [7, 11) is 0. The Hall–Kier alpha value is -0.860. The van der Waals surface area contributed by atoms with E-state index in [0.29, 0.717) is 0 Å². The number of nitrogens with zero attached hydrogens (tertiary/aromatic N) is 1. The molecule has 108 valence electrons. The van der Waals surface area contributed by atoms with Gasteiger partial charge in [0.15, 0.2) is 0 Å². The highest BCUT2D eigenvalue weighted by molar-refractivity contribution is 5.22. The lowest BCUT2D eigenvalue weighted by atomic mass is 9.91. The number of hydrogen-bond donors (Lipinski definition) is 1. The van der Waals surface area contributed by atoms with Crippen molar-refractivity contribution in [3.05, 3.63) is 35.9 Å². The Kier molecular flexibility index (Phi) is 7.11. The van der Waals surface area contributed by atoms with Crippen LogP contribution in [0.5, 0.6) is 0 Å². The van der Waals surface area contributed by atoms with Gasteiger partial charge in [-0.15, -0.1) is 0 Å². The highest BCUT2D eigenvalue weighted by Crippen LogP contribution is 2.28. The first-order valence-corrected chi connectivity index (χ1v) is 7.63. The van der Waals surface area contributed by atoms with Gasteiger partial charge in [-0.05, 0) is 45.3 Å². The number of unbranched alkanes of at least 4 members (excludes halogenated alkanes) is 2. The minimum absolute atomic E-state index is 0.0875. The van der Waals surface area contributed by atoms with Crippen molar-refractivity contribution in [2.24, 2.45) is 5.73 Å². The average molecular weight is 262 g/mol. The van der Waals surface area contributed by atoms with E-state index in [1.807, 2.05) is 0 Å². The fraction of sp³-hybridized carbons (Fsp3) is 0.647. The molecule has 1 aromatic rings. The number of benzene rings is 1. The van der Waals surface area contributed by atoms with Gasteiger partial charge in [0, 0.05) is 12.1 Å². The van der Waals surface area contributed by atoms with Crippen LogP contribution in [0.3, 0.4) is 0 Å². The van der Waals surface area contributed by atoms with E-state index in [0.717, 1.165) is 26.1 Å². The van der Waals surface area contributed by atoms with Gasteiger partial charge in [-0.2, -0.15) is 0 Å². The molecule has 1 aromatic carbocycles. The van der Waals surface area contributed by atoms with E-state index in [9.17, 15) is 0 Å². The van der Waals surface area contributed by atoms with Gasteiger partial charge in [0.1, 0.15) is 0 Å². The Bertz CT molecular complexity index is 332. The lowest BCUT2D eigenvalue weighted by molar-refractivity contribution is 0.115.